The van der Waals surface area contributed by atoms with Gasteiger partial charge in [-0.1, -0.05) is 16.8 Å². The Morgan fingerprint density at radius 1 is 1.17 bits per heavy atom. The highest BCUT2D eigenvalue weighted by atomic mass is 35.5. The quantitative estimate of drug-likeness (QED) is 0.732. The minimum Gasteiger partial charge on any atom is -0.259 e. The zero-order chi connectivity index (χ0) is 16.4. The van der Waals surface area contributed by atoms with Crippen molar-refractivity contribution in [3.8, 4) is 11.4 Å². The van der Waals surface area contributed by atoms with Crippen molar-refractivity contribution >= 4 is 11.6 Å². The standard InChI is InChI=1S/C14H11ClF2N6/c1-14(16,17)9-2-3-10(20-6-9)7-23-8-11(21-22-23)12-13(15)19-5-4-18-12/h2-6,8H,7H2,1H3. The summed E-state index contributed by atoms with van der Waals surface area (Å²) in [6, 6.07) is 2.88. The molecule has 0 aliphatic carbocycles. The van der Waals surface area contributed by atoms with Crippen LogP contribution in [-0.4, -0.2) is 29.9 Å². The monoisotopic (exact) mass is 336 g/mol. The lowest BCUT2D eigenvalue weighted by Gasteiger charge is -2.10. The van der Waals surface area contributed by atoms with Gasteiger partial charge < -0.3 is 0 Å². The third-order valence-electron chi connectivity index (χ3n) is 3.09. The van der Waals surface area contributed by atoms with Crippen LogP contribution in [0.2, 0.25) is 5.15 Å². The molecule has 6 nitrogen and oxygen atoms in total. The van der Waals surface area contributed by atoms with Gasteiger partial charge in [0.1, 0.15) is 11.4 Å². The Morgan fingerprint density at radius 2 is 1.96 bits per heavy atom. The summed E-state index contributed by atoms with van der Waals surface area (Å²) in [5, 5.41) is 8.16. The summed E-state index contributed by atoms with van der Waals surface area (Å²) in [5.74, 6) is -2.91. The zero-order valence-electron chi connectivity index (χ0n) is 12.0. The lowest BCUT2D eigenvalue weighted by molar-refractivity contribution is 0.0171. The normalized spacial score (nSPS) is 11.7. The van der Waals surface area contributed by atoms with Gasteiger partial charge in [-0.25, -0.2) is 23.4 Å². The molecule has 3 heterocycles. The van der Waals surface area contributed by atoms with Crippen LogP contribution >= 0.6 is 11.6 Å². The Balaban J connectivity index is 1.78. The molecular weight excluding hydrogens is 326 g/mol. The van der Waals surface area contributed by atoms with Crippen LogP contribution in [0.15, 0.2) is 36.9 Å². The largest absolute Gasteiger partial charge is 0.272 e. The molecule has 0 unspecified atom stereocenters. The van der Waals surface area contributed by atoms with Crippen molar-refractivity contribution in [2.45, 2.75) is 19.4 Å². The average Bonchev–Trinajstić information content (AvgIpc) is 2.95. The second-order valence-corrected chi connectivity index (χ2v) is 5.28. The van der Waals surface area contributed by atoms with Gasteiger partial charge in [0.15, 0.2) is 5.15 Å². The predicted molar refractivity (Wildman–Crippen MR) is 79.0 cm³/mol. The molecule has 0 amide bonds. The van der Waals surface area contributed by atoms with E-state index in [0.717, 1.165) is 13.1 Å². The second-order valence-electron chi connectivity index (χ2n) is 4.92. The molecule has 0 saturated heterocycles. The Kier molecular flexibility index (Phi) is 3.99. The van der Waals surface area contributed by atoms with Crippen molar-refractivity contribution in [1.29, 1.82) is 0 Å². The molecule has 0 bridgehead atoms. The first-order valence-electron chi connectivity index (χ1n) is 6.64. The maximum atomic E-state index is 13.1. The van der Waals surface area contributed by atoms with Crippen LogP contribution in [0.5, 0.6) is 0 Å². The van der Waals surface area contributed by atoms with Gasteiger partial charge in [0.2, 0.25) is 0 Å². The van der Waals surface area contributed by atoms with Crippen LogP contribution in [0.3, 0.4) is 0 Å². The molecule has 0 N–H and O–H groups in total. The van der Waals surface area contributed by atoms with Gasteiger partial charge in [0.25, 0.3) is 5.92 Å². The van der Waals surface area contributed by atoms with E-state index in [2.05, 4.69) is 25.3 Å². The van der Waals surface area contributed by atoms with E-state index in [9.17, 15) is 8.78 Å². The average molecular weight is 337 g/mol. The lowest BCUT2D eigenvalue weighted by Crippen LogP contribution is -2.09. The van der Waals surface area contributed by atoms with Gasteiger partial charge in [-0.05, 0) is 12.1 Å². The summed E-state index contributed by atoms with van der Waals surface area (Å²) < 4.78 is 27.8. The second kappa shape index (κ2) is 5.96. The number of alkyl halides is 2. The molecule has 118 valence electrons. The molecule has 3 aromatic rings. The summed E-state index contributed by atoms with van der Waals surface area (Å²) in [6.45, 7) is 1.12. The van der Waals surface area contributed by atoms with Crippen LogP contribution < -0.4 is 0 Å². The smallest absolute Gasteiger partial charge is 0.259 e. The van der Waals surface area contributed by atoms with Crippen molar-refractivity contribution < 1.29 is 8.78 Å². The maximum Gasteiger partial charge on any atom is 0.272 e. The number of hydrogen-bond donors (Lipinski definition) is 0. The van der Waals surface area contributed by atoms with E-state index in [1.54, 1.807) is 6.20 Å². The summed E-state index contributed by atoms with van der Waals surface area (Å²) in [4.78, 5) is 12.0. The van der Waals surface area contributed by atoms with E-state index in [1.807, 2.05) is 0 Å². The van der Waals surface area contributed by atoms with E-state index < -0.39 is 5.92 Å². The number of aromatic nitrogens is 6. The third kappa shape index (κ3) is 3.48. The first kappa shape index (κ1) is 15.4. The Morgan fingerprint density at radius 3 is 2.61 bits per heavy atom. The van der Waals surface area contributed by atoms with E-state index in [-0.39, 0.29) is 10.7 Å². The van der Waals surface area contributed by atoms with E-state index in [4.69, 9.17) is 11.6 Å². The zero-order valence-corrected chi connectivity index (χ0v) is 12.7. The number of nitrogens with zero attached hydrogens (tertiary/aromatic N) is 6. The molecule has 3 aromatic heterocycles. The maximum absolute atomic E-state index is 13.1. The summed E-state index contributed by atoms with van der Waals surface area (Å²) in [6.07, 6.45) is 5.78. The van der Waals surface area contributed by atoms with Crippen LogP contribution in [0.4, 0.5) is 8.78 Å². The summed E-state index contributed by atoms with van der Waals surface area (Å²) in [7, 11) is 0. The Hall–Kier alpha value is -2.48. The van der Waals surface area contributed by atoms with E-state index in [0.29, 0.717) is 23.6 Å². The predicted octanol–water partition coefficient (Wildman–Crippen LogP) is 2.94. The number of pyridine rings is 1. The van der Waals surface area contributed by atoms with Crippen molar-refractivity contribution in [2.75, 3.05) is 0 Å². The Labute approximate surface area is 135 Å². The van der Waals surface area contributed by atoms with Crippen molar-refractivity contribution in [3.05, 3.63) is 53.3 Å². The highest BCUT2D eigenvalue weighted by molar-refractivity contribution is 6.31. The SMILES string of the molecule is CC(F)(F)c1ccc(Cn2cc(-c3nccnc3Cl)nn2)nc1. The highest BCUT2D eigenvalue weighted by Gasteiger charge is 2.24. The van der Waals surface area contributed by atoms with Crippen molar-refractivity contribution in [3.63, 3.8) is 0 Å². The van der Waals surface area contributed by atoms with Gasteiger partial charge >= 0.3 is 0 Å². The fourth-order valence-electron chi connectivity index (χ4n) is 1.92. The topological polar surface area (TPSA) is 69.4 Å². The van der Waals surface area contributed by atoms with E-state index >= 15 is 0 Å². The molecular formula is C14H11ClF2N6. The minimum atomic E-state index is -2.91. The fourth-order valence-corrected chi connectivity index (χ4v) is 2.12. The number of hydrogen-bond acceptors (Lipinski definition) is 5. The molecule has 0 atom stereocenters. The molecule has 3 rings (SSSR count). The summed E-state index contributed by atoms with van der Waals surface area (Å²) >= 11 is 5.95. The molecule has 0 aromatic carbocycles. The van der Waals surface area contributed by atoms with Crippen LogP contribution in [0, 0.1) is 0 Å². The molecule has 0 radical (unpaired) electrons. The van der Waals surface area contributed by atoms with Crippen LogP contribution in [0.1, 0.15) is 18.2 Å². The van der Waals surface area contributed by atoms with Crippen LogP contribution in [0.25, 0.3) is 11.4 Å². The first-order valence-corrected chi connectivity index (χ1v) is 7.01. The van der Waals surface area contributed by atoms with Gasteiger partial charge in [-0.15, -0.1) is 5.10 Å². The summed E-state index contributed by atoms with van der Waals surface area (Å²) in [5.41, 5.74) is 1.35. The van der Waals surface area contributed by atoms with E-state index in [1.165, 1.54) is 29.2 Å². The molecule has 0 aliphatic heterocycles. The number of halogens is 3. The van der Waals surface area contributed by atoms with Gasteiger partial charge in [0, 0.05) is 31.1 Å². The molecule has 9 heteroatoms. The van der Waals surface area contributed by atoms with Gasteiger partial charge in [0.05, 0.1) is 18.4 Å². The molecule has 23 heavy (non-hydrogen) atoms. The van der Waals surface area contributed by atoms with Crippen LogP contribution in [-0.2, 0) is 12.5 Å². The number of rotatable bonds is 4. The molecule has 0 spiro atoms. The first-order chi connectivity index (χ1) is 10.9. The third-order valence-corrected chi connectivity index (χ3v) is 3.37. The molecule has 0 saturated carbocycles. The highest BCUT2D eigenvalue weighted by Crippen LogP contribution is 2.26. The minimum absolute atomic E-state index is 0.133. The van der Waals surface area contributed by atoms with Gasteiger partial charge in [-0.3, -0.25) is 4.98 Å². The van der Waals surface area contributed by atoms with Crippen molar-refractivity contribution in [1.82, 2.24) is 29.9 Å². The fraction of sp³-hybridized carbons (Fsp3) is 0.214. The molecule has 0 fully saturated rings. The Bertz CT molecular complexity index is 813. The lowest BCUT2D eigenvalue weighted by atomic mass is 10.1. The van der Waals surface area contributed by atoms with Crippen molar-refractivity contribution in [2.24, 2.45) is 0 Å². The molecule has 0 aliphatic rings. The van der Waals surface area contributed by atoms with Gasteiger partial charge in [-0.2, -0.15) is 0 Å².